The first-order valence-corrected chi connectivity index (χ1v) is 18.2. The van der Waals surface area contributed by atoms with Crippen molar-refractivity contribution in [1.29, 1.82) is 0 Å². The summed E-state index contributed by atoms with van der Waals surface area (Å²) in [4.78, 5) is 0. The summed E-state index contributed by atoms with van der Waals surface area (Å²) in [5.74, 6) is 0. The summed E-state index contributed by atoms with van der Waals surface area (Å²) < 4.78 is 7.57. The van der Waals surface area contributed by atoms with Crippen molar-refractivity contribution in [2.75, 3.05) is 0 Å². The van der Waals surface area contributed by atoms with Gasteiger partial charge in [-0.15, -0.1) is 24.8 Å². The summed E-state index contributed by atoms with van der Waals surface area (Å²) in [6.07, 6.45) is 9.22. The van der Waals surface area contributed by atoms with Crippen LogP contribution in [0, 0.1) is 0 Å². The van der Waals surface area contributed by atoms with E-state index in [0.29, 0.717) is 0 Å². The molecule has 0 bridgehead atoms. The molecule has 2 aliphatic carbocycles. The van der Waals surface area contributed by atoms with E-state index in [1.165, 1.54) is 27.8 Å². The Morgan fingerprint density at radius 2 is 1.41 bits per heavy atom. The minimum Gasteiger partial charge on any atom is -0.147 e. The molecule has 0 saturated carbocycles. The molecule has 0 heterocycles. The molecule has 0 radical (unpaired) electrons. The normalized spacial score (nSPS) is 15.6. The molecule has 5 rings (SSSR count). The molecule has 0 fully saturated rings. The Balaban J connectivity index is 0.00000190. The first-order valence-electron chi connectivity index (χ1n) is 13.1. The van der Waals surface area contributed by atoms with Crippen LogP contribution < -0.4 is 6.54 Å². The van der Waals surface area contributed by atoms with Gasteiger partial charge < -0.3 is 0 Å². The van der Waals surface area contributed by atoms with Crippen LogP contribution in [0.3, 0.4) is 0 Å². The van der Waals surface area contributed by atoms with Crippen LogP contribution in [0.15, 0.2) is 82.2 Å². The van der Waals surface area contributed by atoms with Gasteiger partial charge in [0.05, 0.1) is 0 Å². The Bertz CT molecular complexity index is 1410. The van der Waals surface area contributed by atoms with E-state index in [4.69, 9.17) is 0 Å². The fourth-order valence-corrected chi connectivity index (χ4v) is 17.4. The van der Waals surface area contributed by atoms with Crippen molar-refractivity contribution in [1.82, 2.24) is 0 Å². The number of benzene rings is 3. The Hall–Kier alpha value is -1.53. The van der Waals surface area contributed by atoms with E-state index >= 15 is 0 Å². The minimum atomic E-state index is -3.31. The molecule has 0 nitrogen and oxygen atoms in total. The van der Waals surface area contributed by atoms with Gasteiger partial charge in [0.2, 0.25) is 0 Å². The third-order valence-corrected chi connectivity index (χ3v) is 19.9. The average molecular weight is 612 g/mol. The van der Waals surface area contributed by atoms with Crippen molar-refractivity contribution in [2.45, 2.75) is 72.1 Å². The minimum absolute atomic E-state index is 0. The van der Waals surface area contributed by atoms with Crippen molar-refractivity contribution >= 4 is 35.1 Å². The van der Waals surface area contributed by atoms with Crippen molar-refractivity contribution in [2.24, 2.45) is 0 Å². The second kappa shape index (κ2) is 10.9. The number of allylic oxidation sites excluding steroid dienone is 4. The Labute approximate surface area is 241 Å². The molecule has 0 aliphatic heterocycles. The van der Waals surface area contributed by atoms with Gasteiger partial charge >= 0.3 is 218 Å². The topological polar surface area (TPSA) is 0 Å². The van der Waals surface area contributed by atoms with E-state index in [1.54, 1.807) is 15.4 Å². The van der Waals surface area contributed by atoms with Gasteiger partial charge in [-0.1, -0.05) is 0 Å². The van der Waals surface area contributed by atoms with E-state index in [-0.39, 0.29) is 35.6 Å². The van der Waals surface area contributed by atoms with Crippen LogP contribution in [0.25, 0.3) is 11.1 Å². The maximum absolute atomic E-state index is 3.31. The molecule has 0 saturated heterocycles. The maximum atomic E-state index is 2.66. The Morgan fingerprint density at radius 3 is 1.97 bits per heavy atom. The van der Waals surface area contributed by atoms with E-state index in [0.717, 1.165) is 12.8 Å². The van der Waals surface area contributed by atoms with Gasteiger partial charge in [-0.05, 0) is 0 Å². The summed E-state index contributed by atoms with van der Waals surface area (Å²) >= 11 is -3.31. The molecule has 1 atom stereocenters. The summed E-state index contributed by atoms with van der Waals surface area (Å²) in [5.41, 5.74) is 9.15. The number of fused-ring (bicyclic) bond motifs is 3. The van der Waals surface area contributed by atoms with Crippen LogP contribution in [0.2, 0.25) is 0 Å². The predicted octanol–water partition coefficient (Wildman–Crippen LogP) is 8.47. The van der Waals surface area contributed by atoms with Gasteiger partial charge in [0.1, 0.15) is 0 Å². The van der Waals surface area contributed by atoms with Gasteiger partial charge in [0.15, 0.2) is 0 Å². The maximum Gasteiger partial charge on any atom is -0.147 e. The number of hydrogen-bond acceptors (Lipinski definition) is 0. The molecule has 3 heteroatoms. The number of halogens is 2. The zero-order valence-corrected chi connectivity index (χ0v) is 27.4. The van der Waals surface area contributed by atoms with Crippen molar-refractivity contribution in [3.05, 3.63) is 104 Å². The summed E-state index contributed by atoms with van der Waals surface area (Å²) in [5, 5.41) is 0. The summed E-state index contributed by atoms with van der Waals surface area (Å²) in [6.45, 7) is 16.4. The van der Waals surface area contributed by atoms with Gasteiger partial charge in [-0.25, -0.2) is 0 Å². The van der Waals surface area contributed by atoms with E-state index in [1.807, 2.05) is 0 Å². The molecule has 195 valence electrons. The Morgan fingerprint density at radius 1 is 0.757 bits per heavy atom. The zero-order valence-electron chi connectivity index (χ0n) is 23.3. The second-order valence-corrected chi connectivity index (χ2v) is 22.1. The van der Waals surface area contributed by atoms with Gasteiger partial charge in [0, 0.05) is 0 Å². The van der Waals surface area contributed by atoms with Crippen LogP contribution in [0.5, 0.6) is 0 Å². The first-order chi connectivity index (χ1) is 16.6. The third kappa shape index (κ3) is 5.22. The molecule has 3 aromatic carbocycles. The van der Waals surface area contributed by atoms with Gasteiger partial charge in [0.25, 0.3) is 0 Å². The van der Waals surface area contributed by atoms with Crippen LogP contribution >= 0.6 is 24.8 Å². The van der Waals surface area contributed by atoms with Crippen LogP contribution in [0.1, 0.15) is 77.1 Å². The van der Waals surface area contributed by atoms with Gasteiger partial charge in [-0.2, -0.15) is 0 Å². The van der Waals surface area contributed by atoms with Crippen molar-refractivity contribution in [3.8, 4) is 11.1 Å². The van der Waals surface area contributed by atoms with Crippen LogP contribution in [-0.4, -0.2) is 3.71 Å². The monoisotopic (exact) mass is 609 g/mol. The van der Waals surface area contributed by atoms with Crippen LogP contribution in [-0.2, 0) is 37.0 Å². The fraction of sp³-hybridized carbons (Fsp3) is 0.324. The van der Waals surface area contributed by atoms with E-state index in [2.05, 4.69) is 131 Å². The molecule has 37 heavy (non-hydrogen) atoms. The second-order valence-electron chi connectivity index (χ2n) is 12.4. The summed E-state index contributed by atoms with van der Waals surface area (Å²) in [6, 6.07) is 23.9. The molecular formula is C34H41Cl2Zr. The SMILES string of the molecule is C[CH]=[Zr]([C]1=CC=CC1)([c]1ccccc1)[c]1cc(C(C)(C)C)cc2c1Cc1ccc(C(C)(C)C)cc1-2.Cl.Cl. The van der Waals surface area contributed by atoms with E-state index < -0.39 is 19.8 Å². The zero-order chi connectivity index (χ0) is 25.0. The average Bonchev–Trinajstić information content (AvgIpc) is 3.47. The van der Waals surface area contributed by atoms with E-state index in [9.17, 15) is 0 Å². The standard InChI is InChI=1S/C21H25.C6H5.C5H5.C2H4.2ClH.Zr/c1-20(2,3)16-9-7-14-11-15-8-10-17(21(4,5)6)13-19(15)18(14)12-16;1-2-4-6-5-3-1;1-2-4-5-3-1;1-2;;;/h7,9-10,12-13H,11H2,1-6H3;1-5H;1-3H,4H2;1H,2H3;2*1H;. The predicted molar refractivity (Wildman–Crippen MR) is 166 cm³/mol. The molecule has 1 unspecified atom stereocenters. The molecule has 0 N–H and O–H groups in total. The smallest absolute Gasteiger partial charge is 0.147 e. The molecular weight excluding hydrogens is 571 g/mol. The molecule has 0 amide bonds. The molecule has 2 aliphatic rings. The molecule has 0 spiro atoms. The van der Waals surface area contributed by atoms with Crippen LogP contribution in [0.4, 0.5) is 0 Å². The first kappa shape index (κ1) is 30.0. The largest absolute Gasteiger partial charge is 0.147 e. The fourth-order valence-electron chi connectivity index (χ4n) is 5.99. The third-order valence-electron chi connectivity index (χ3n) is 8.11. The molecule has 3 aromatic rings. The van der Waals surface area contributed by atoms with Crippen molar-refractivity contribution < 1.29 is 19.8 Å². The quantitative estimate of drug-likeness (QED) is 0.218. The summed E-state index contributed by atoms with van der Waals surface area (Å²) in [7, 11) is 0. The van der Waals surface area contributed by atoms with Crippen molar-refractivity contribution in [3.63, 3.8) is 0 Å². The molecule has 0 aromatic heterocycles. The van der Waals surface area contributed by atoms with Gasteiger partial charge in [-0.3, -0.25) is 0 Å². The number of hydrogen-bond donors (Lipinski definition) is 0. The number of rotatable bonds is 3. The Kier molecular flexibility index (Phi) is 8.86.